The third-order valence-electron chi connectivity index (χ3n) is 6.45. The molecule has 0 bridgehead atoms. The van der Waals surface area contributed by atoms with Gasteiger partial charge in [0.05, 0.1) is 28.0 Å². The highest BCUT2D eigenvalue weighted by atomic mass is 32.2. The lowest BCUT2D eigenvalue weighted by molar-refractivity contribution is -0.138. The van der Waals surface area contributed by atoms with Gasteiger partial charge in [-0.05, 0) is 48.2 Å². The maximum Gasteiger partial charge on any atom is 0.419 e. The molecule has 0 aromatic heterocycles. The number of allylic oxidation sites excluding steroid dienone is 1. The van der Waals surface area contributed by atoms with E-state index in [1.165, 1.54) is 30.3 Å². The van der Waals surface area contributed by atoms with Crippen LogP contribution in [0.3, 0.4) is 0 Å². The molecule has 11 heteroatoms. The average Bonchev–Trinajstić information content (AvgIpc) is 2.95. The molecule has 0 fully saturated rings. The lowest BCUT2D eigenvalue weighted by atomic mass is 9.88. The van der Waals surface area contributed by atoms with Gasteiger partial charge in [-0.2, -0.15) is 13.2 Å². The van der Waals surface area contributed by atoms with Crippen molar-refractivity contribution in [3.8, 4) is 17.2 Å². The normalized spacial score (nSPS) is 19.9. The highest BCUT2D eigenvalue weighted by Gasteiger charge is 2.44. The largest absolute Gasteiger partial charge is 0.506 e. The Bertz CT molecular complexity index is 1570. The first-order valence-corrected chi connectivity index (χ1v) is 13.4. The summed E-state index contributed by atoms with van der Waals surface area (Å²) in [5, 5.41) is 16.6. The molecule has 2 aliphatic rings. The monoisotopic (exact) mass is 548 g/mol. The Labute approximate surface area is 216 Å². The smallest absolute Gasteiger partial charge is 0.419 e. The van der Waals surface area contributed by atoms with E-state index >= 15 is 4.39 Å². The number of fused-ring (bicyclic) bond motifs is 1. The van der Waals surface area contributed by atoms with E-state index in [2.05, 4.69) is 10.6 Å². The summed E-state index contributed by atoms with van der Waals surface area (Å²) in [6, 6.07) is 11.5. The molecule has 3 N–H and O–H groups in total. The van der Waals surface area contributed by atoms with Crippen LogP contribution in [0.15, 0.2) is 71.3 Å². The number of anilines is 2. The molecule has 0 aliphatic carbocycles. The standard InChI is InChI=1S/C27H24F4N2O4S/c1-26(2)13-20-25(38(35,36)14-26)23(32-19-7-5-8-21(34)24(19)33-20)16-11-10-15(12-18(16)28)37-22-9-4-3-6-17(22)27(29,30)31/h3-12,23,32-34H,13-14H2,1-2H3/t23-/m1/s1. The minimum atomic E-state index is -4.67. The average molecular weight is 549 g/mol. The van der Waals surface area contributed by atoms with Crippen LogP contribution in [-0.4, -0.2) is 19.3 Å². The number of halogens is 4. The molecule has 2 aliphatic heterocycles. The summed E-state index contributed by atoms with van der Waals surface area (Å²) < 4.78 is 88.1. The van der Waals surface area contributed by atoms with Crippen LogP contribution in [0.5, 0.6) is 17.2 Å². The number of para-hydroxylation sites is 2. The Morgan fingerprint density at radius 2 is 1.79 bits per heavy atom. The van der Waals surface area contributed by atoms with E-state index in [4.69, 9.17) is 4.74 Å². The van der Waals surface area contributed by atoms with Crippen molar-refractivity contribution in [1.82, 2.24) is 0 Å². The van der Waals surface area contributed by atoms with E-state index in [1.807, 2.05) is 0 Å². The van der Waals surface area contributed by atoms with Crippen molar-refractivity contribution < 1.29 is 35.8 Å². The molecule has 0 unspecified atom stereocenters. The van der Waals surface area contributed by atoms with Gasteiger partial charge >= 0.3 is 6.18 Å². The van der Waals surface area contributed by atoms with Gasteiger partial charge in [-0.3, -0.25) is 0 Å². The zero-order chi connectivity index (χ0) is 27.5. The third-order valence-corrected chi connectivity index (χ3v) is 8.77. The van der Waals surface area contributed by atoms with Crippen LogP contribution >= 0.6 is 0 Å². The van der Waals surface area contributed by atoms with Crippen molar-refractivity contribution in [3.63, 3.8) is 0 Å². The first-order valence-electron chi connectivity index (χ1n) is 11.7. The van der Waals surface area contributed by atoms with Gasteiger partial charge in [-0.1, -0.05) is 32.0 Å². The Kier molecular flexibility index (Phi) is 6.09. The topological polar surface area (TPSA) is 87.7 Å². The summed E-state index contributed by atoms with van der Waals surface area (Å²) in [5.74, 6) is -1.83. The van der Waals surface area contributed by atoms with E-state index in [-0.39, 0.29) is 33.4 Å². The highest BCUT2D eigenvalue weighted by Crippen LogP contribution is 2.49. The second kappa shape index (κ2) is 8.93. The molecule has 6 nitrogen and oxygen atoms in total. The first kappa shape index (κ1) is 25.9. The second-order valence-electron chi connectivity index (χ2n) is 10.1. The number of ether oxygens (including phenoxy) is 1. The third kappa shape index (κ3) is 4.78. The number of rotatable bonds is 3. The maximum absolute atomic E-state index is 15.6. The SMILES string of the molecule is CC1(C)CC2=C([C@@H](c3ccc(Oc4ccccc4C(F)(F)F)cc3F)Nc3cccc(O)c3N2)S(=O)(=O)C1. The number of benzene rings is 3. The summed E-state index contributed by atoms with van der Waals surface area (Å²) >= 11 is 0. The van der Waals surface area contributed by atoms with Crippen LogP contribution in [0.1, 0.15) is 37.4 Å². The number of hydrogen-bond acceptors (Lipinski definition) is 6. The second-order valence-corrected chi connectivity index (χ2v) is 12.1. The molecular weight excluding hydrogens is 524 g/mol. The van der Waals surface area contributed by atoms with Gasteiger partial charge in [0, 0.05) is 17.3 Å². The number of hydrogen-bond donors (Lipinski definition) is 3. The summed E-state index contributed by atoms with van der Waals surface area (Å²) in [6.07, 6.45) is -4.35. The van der Waals surface area contributed by atoms with E-state index < -0.39 is 44.6 Å². The fraction of sp³-hybridized carbons (Fsp3) is 0.259. The van der Waals surface area contributed by atoms with Crippen molar-refractivity contribution in [2.45, 2.75) is 32.5 Å². The number of aromatic hydroxyl groups is 1. The van der Waals surface area contributed by atoms with E-state index in [0.29, 0.717) is 17.8 Å². The summed E-state index contributed by atoms with van der Waals surface area (Å²) in [7, 11) is -3.89. The van der Waals surface area contributed by atoms with E-state index in [1.54, 1.807) is 26.0 Å². The molecule has 2 heterocycles. The molecule has 38 heavy (non-hydrogen) atoms. The van der Waals surface area contributed by atoms with Crippen molar-refractivity contribution in [1.29, 1.82) is 0 Å². The molecule has 1 atom stereocenters. The Balaban J connectivity index is 1.60. The van der Waals surface area contributed by atoms with Crippen molar-refractivity contribution in [2.24, 2.45) is 5.41 Å². The molecule has 0 radical (unpaired) electrons. The fourth-order valence-electron chi connectivity index (χ4n) is 4.96. The van der Waals surface area contributed by atoms with Gasteiger partial charge < -0.3 is 20.5 Å². The first-order chi connectivity index (χ1) is 17.7. The number of sulfone groups is 1. The quantitative estimate of drug-likeness (QED) is 0.242. The number of phenolic OH excluding ortho intramolecular Hbond substituents is 1. The Morgan fingerprint density at radius 3 is 2.50 bits per heavy atom. The summed E-state index contributed by atoms with van der Waals surface area (Å²) in [4.78, 5) is -0.0533. The Morgan fingerprint density at radius 1 is 1.05 bits per heavy atom. The molecule has 0 saturated carbocycles. The van der Waals surface area contributed by atoms with Crippen LogP contribution in [0.25, 0.3) is 0 Å². The van der Waals surface area contributed by atoms with Gasteiger partial charge in [0.15, 0.2) is 9.84 Å². The highest BCUT2D eigenvalue weighted by molar-refractivity contribution is 7.95. The van der Waals surface area contributed by atoms with E-state index in [9.17, 15) is 26.7 Å². The predicted octanol–water partition coefficient (Wildman–Crippen LogP) is 6.98. The van der Waals surface area contributed by atoms with Gasteiger partial charge in [-0.25, -0.2) is 12.8 Å². The fourth-order valence-corrected chi connectivity index (χ4v) is 7.29. The lowest BCUT2D eigenvalue weighted by Gasteiger charge is -2.34. The molecule has 200 valence electrons. The molecule has 0 spiro atoms. The molecule has 5 rings (SSSR count). The minimum absolute atomic E-state index is 0.0461. The molecule has 3 aromatic rings. The van der Waals surface area contributed by atoms with Crippen LogP contribution in [0, 0.1) is 11.2 Å². The summed E-state index contributed by atoms with van der Waals surface area (Å²) in [5.41, 5.74) is -0.724. The minimum Gasteiger partial charge on any atom is -0.506 e. The molecular formula is C27H24F4N2O4S. The molecule has 3 aromatic carbocycles. The van der Waals surface area contributed by atoms with Gasteiger partial charge in [0.1, 0.15) is 28.8 Å². The maximum atomic E-state index is 15.6. The lowest BCUT2D eigenvalue weighted by Crippen LogP contribution is -2.35. The number of nitrogens with one attached hydrogen (secondary N) is 2. The van der Waals surface area contributed by atoms with Gasteiger partial charge in [0.25, 0.3) is 0 Å². The zero-order valence-corrected chi connectivity index (χ0v) is 21.2. The van der Waals surface area contributed by atoms with Gasteiger partial charge in [0.2, 0.25) is 0 Å². The predicted molar refractivity (Wildman–Crippen MR) is 135 cm³/mol. The van der Waals surface area contributed by atoms with Crippen LogP contribution in [0.2, 0.25) is 0 Å². The van der Waals surface area contributed by atoms with Crippen molar-refractivity contribution in [2.75, 3.05) is 16.4 Å². The van der Waals surface area contributed by atoms with Crippen LogP contribution in [-0.2, 0) is 16.0 Å². The Hall–Kier alpha value is -3.73. The zero-order valence-electron chi connectivity index (χ0n) is 20.4. The van der Waals surface area contributed by atoms with E-state index in [0.717, 1.165) is 18.2 Å². The van der Waals surface area contributed by atoms with Crippen LogP contribution < -0.4 is 15.4 Å². The number of phenols is 1. The van der Waals surface area contributed by atoms with Gasteiger partial charge in [-0.15, -0.1) is 0 Å². The van der Waals surface area contributed by atoms with Crippen molar-refractivity contribution in [3.05, 3.63) is 88.2 Å². The molecule has 0 amide bonds. The summed E-state index contributed by atoms with van der Waals surface area (Å²) in [6.45, 7) is 3.61. The molecule has 0 saturated heterocycles. The number of alkyl halides is 3. The van der Waals surface area contributed by atoms with Crippen LogP contribution in [0.4, 0.5) is 28.9 Å². The van der Waals surface area contributed by atoms with Crippen molar-refractivity contribution >= 4 is 21.2 Å².